The number of rotatable bonds is 2. The molecule has 0 unspecified atom stereocenters. The third kappa shape index (κ3) is 1.88. The fourth-order valence-electron chi connectivity index (χ4n) is 2.82. The lowest BCUT2D eigenvalue weighted by Crippen LogP contribution is -2.28. The number of para-hydroxylation sites is 1. The molecule has 1 aromatic heterocycles. The van der Waals surface area contributed by atoms with Gasteiger partial charge in [-0.2, -0.15) is 0 Å². The summed E-state index contributed by atoms with van der Waals surface area (Å²) >= 11 is 0. The van der Waals surface area contributed by atoms with Crippen LogP contribution in [0.25, 0.3) is 0 Å². The molecule has 0 saturated carbocycles. The minimum Gasteiger partial charge on any atom is -0.366 e. The molecule has 0 bridgehead atoms. The van der Waals surface area contributed by atoms with Gasteiger partial charge in [0.1, 0.15) is 0 Å². The Bertz CT molecular complexity index is 546. The maximum atomic E-state index is 4.19. The summed E-state index contributed by atoms with van der Waals surface area (Å²) in [6.45, 7) is 6.64. The van der Waals surface area contributed by atoms with Gasteiger partial charge in [-0.15, -0.1) is 0 Å². The lowest BCUT2D eigenvalue weighted by atomic mass is 9.87. The Morgan fingerprint density at radius 3 is 2.78 bits per heavy atom. The SMILES string of the molecule is CC1(C)CN(Cc2cccnc2)c2ccccc21. The highest BCUT2D eigenvalue weighted by Crippen LogP contribution is 2.40. The molecule has 2 heterocycles. The van der Waals surface area contributed by atoms with E-state index in [-0.39, 0.29) is 5.41 Å². The van der Waals surface area contributed by atoms with Crippen LogP contribution in [0.4, 0.5) is 5.69 Å². The first-order valence-electron chi connectivity index (χ1n) is 6.40. The molecule has 0 spiro atoms. The van der Waals surface area contributed by atoms with Gasteiger partial charge in [0.15, 0.2) is 0 Å². The van der Waals surface area contributed by atoms with E-state index in [0.717, 1.165) is 13.1 Å². The van der Waals surface area contributed by atoms with Crippen LogP contribution in [0, 0.1) is 0 Å². The summed E-state index contributed by atoms with van der Waals surface area (Å²) in [6, 6.07) is 12.9. The number of hydrogen-bond donors (Lipinski definition) is 0. The summed E-state index contributed by atoms with van der Waals surface area (Å²) in [5, 5.41) is 0. The Kier molecular flexibility index (Phi) is 2.58. The first-order valence-corrected chi connectivity index (χ1v) is 6.40. The van der Waals surface area contributed by atoms with Crippen molar-refractivity contribution in [1.82, 2.24) is 4.98 Å². The van der Waals surface area contributed by atoms with Crippen LogP contribution >= 0.6 is 0 Å². The van der Waals surface area contributed by atoms with Crippen molar-refractivity contribution < 1.29 is 0 Å². The smallest absolute Gasteiger partial charge is 0.0445 e. The molecule has 0 atom stereocenters. The quantitative estimate of drug-likeness (QED) is 0.797. The van der Waals surface area contributed by atoms with Crippen molar-refractivity contribution in [3.05, 3.63) is 59.9 Å². The average Bonchev–Trinajstić information content (AvgIpc) is 2.63. The third-order valence-electron chi connectivity index (χ3n) is 3.66. The van der Waals surface area contributed by atoms with Gasteiger partial charge in [0.2, 0.25) is 0 Å². The molecule has 92 valence electrons. The van der Waals surface area contributed by atoms with Crippen LogP contribution < -0.4 is 4.90 Å². The molecule has 1 aromatic carbocycles. The highest BCUT2D eigenvalue weighted by molar-refractivity contribution is 5.62. The third-order valence-corrected chi connectivity index (χ3v) is 3.66. The molecular formula is C16H18N2. The average molecular weight is 238 g/mol. The molecule has 0 amide bonds. The predicted molar refractivity (Wildman–Crippen MR) is 74.8 cm³/mol. The highest BCUT2D eigenvalue weighted by atomic mass is 15.2. The Morgan fingerprint density at radius 2 is 2.00 bits per heavy atom. The Balaban J connectivity index is 1.92. The molecule has 0 N–H and O–H groups in total. The van der Waals surface area contributed by atoms with Crippen molar-refractivity contribution in [3.63, 3.8) is 0 Å². The van der Waals surface area contributed by atoms with Gasteiger partial charge in [-0.05, 0) is 23.3 Å². The number of aromatic nitrogens is 1. The van der Waals surface area contributed by atoms with Crippen molar-refractivity contribution in [2.45, 2.75) is 25.8 Å². The van der Waals surface area contributed by atoms with Crippen molar-refractivity contribution >= 4 is 5.69 Å². The van der Waals surface area contributed by atoms with Crippen LogP contribution in [0.5, 0.6) is 0 Å². The van der Waals surface area contributed by atoms with Crippen molar-refractivity contribution in [3.8, 4) is 0 Å². The fraction of sp³-hybridized carbons (Fsp3) is 0.312. The zero-order chi connectivity index (χ0) is 12.6. The number of hydrogen-bond acceptors (Lipinski definition) is 2. The second-order valence-electron chi connectivity index (χ2n) is 5.62. The van der Waals surface area contributed by atoms with Gasteiger partial charge >= 0.3 is 0 Å². The summed E-state index contributed by atoms with van der Waals surface area (Å²) in [7, 11) is 0. The van der Waals surface area contributed by atoms with Crippen LogP contribution in [-0.2, 0) is 12.0 Å². The van der Waals surface area contributed by atoms with Gasteiger partial charge in [0, 0.05) is 36.6 Å². The molecule has 0 saturated heterocycles. The number of nitrogens with zero attached hydrogens (tertiary/aromatic N) is 2. The van der Waals surface area contributed by atoms with E-state index in [1.165, 1.54) is 16.8 Å². The van der Waals surface area contributed by atoms with E-state index in [1.54, 1.807) is 0 Å². The molecule has 0 radical (unpaired) electrons. The first kappa shape index (κ1) is 11.3. The molecule has 2 nitrogen and oxygen atoms in total. The van der Waals surface area contributed by atoms with E-state index in [2.05, 4.69) is 54.1 Å². The van der Waals surface area contributed by atoms with E-state index in [4.69, 9.17) is 0 Å². The second kappa shape index (κ2) is 4.13. The van der Waals surface area contributed by atoms with Crippen LogP contribution in [-0.4, -0.2) is 11.5 Å². The van der Waals surface area contributed by atoms with Gasteiger partial charge in [0.25, 0.3) is 0 Å². The Hall–Kier alpha value is -1.83. The maximum Gasteiger partial charge on any atom is 0.0445 e. The summed E-state index contributed by atoms with van der Waals surface area (Å²) < 4.78 is 0. The molecule has 0 aliphatic carbocycles. The van der Waals surface area contributed by atoms with E-state index in [0.29, 0.717) is 0 Å². The fourth-order valence-corrected chi connectivity index (χ4v) is 2.82. The van der Waals surface area contributed by atoms with Crippen molar-refractivity contribution in [2.75, 3.05) is 11.4 Å². The Labute approximate surface area is 108 Å². The maximum absolute atomic E-state index is 4.19. The lowest BCUT2D eigenvalue weighted by molar-refractivity contribution is 0.550. The van der Waals surface area contributed by atoms with E-state index < -0.39 is 0 Å². The molecule has 3 rings (SSSR count). The topological polar surface area (TPSA) is 16.1 Å². The zero-order valence-electron chi connectivity index (χ0n) is 10.9. The molecule has 1 aliphatic heterocycles. The summed E-state index contributed by atoms with van der Waals surface area (Å²) in [5.74, 6) is 0. The number of benzene rings is 1. The summed E-state index contributed by atoms with van der Waals surface area (Å²) in [6.07, 6.45) is 3.78. The van der Waals surface area contributed by atoms with Gasteiger partial charge in [-0.1, -0.05) is 38.1 Å². The predicted octanol–water partition coefficient (Wildman–Crippen LogP) is 3.38. The van der Waals surface area contributed by atoms with Crippen LogP contribution in [0.3, 0.4) is 0 Å². The van der Waals surface area contributed by atoms with Crippen LogP contribution in [0.15, 0.2) is 48.8 Å². The summed E-state index contributed by atoms with van der Waals surface area (Å²) in [5.41, 5.74) is 4.32. The minimum absolute atomic E-state index is 0.235. The lowest BCUT2D eigenvalue weighted by Gasteiger charge is -2.22. The molecule has 18 heavy (non-hydrogen) atoms. The number of anilines is 1. The zero-order valence-corrected chi connectivity index (χ0v) is 10.9. The molecule has 1 aliphatic rings. The molecule has 2 aromatic rings. The largest absolute Gasteiger partial charge is 0.366 e. The number of fused-ring (bicyclic) bond motifs is 1. The van der Waals surface area contributed by atoms with Gasteiger partial charge in [-0.25, -0.2) is 0 Å². The monoisotopic (exact) mass is 238 g/mol. The molecule has 2 heteroatoms. The summed E-state index contributed by atoms with van der Waals surface area (Å²) in [4.78, 5) is 6.64. The van der Waals surface area contributed by atoms with E-state index in [1.807, 2.05) is 18.5 Å². The van der Waals surface area contributed by atoms with Crippen LogP contribution in [0.2, 0.25) is 0 Å². The van der Waals surface area contributed by atoms with Crippen molar-refractivity contribution in [2.24, 2.45) is 0 Å². The Morgan fingerprint density at radius 1 is 1.17 bits per heavy atom. The normalized spacial score (nSPS) is 16.7. The van der Waals surface area contributed by atoms with E-state index in [9.17, 15) is 0 Å². The van der Waals surface area contributed by atoms with Gasteiger partial charge in [0.05, 0.1) is 0 Å². The van der Waals surface area contributed by atoms with Crippen molar-refractivity contribution in [1.29, 1.82) is 0 Å². The first-order chi connectivity index (χ1) is 8.67. The molecule has 0 fully saturated rings. The van der Waals surface area contributed by atoms with Gasteiger partial charge < -0.3 is 4.90 Å². The standard InChI is InChI=1S/C16H18N2/c1-16(2)12-18(11-13-6-5-9-17-10-13)15-8-4-3-7-14(15)16/h3-10H,11-12H2,1-2H3. The molecular weight excluding hydrogens is 220 g/mol. The second-order valence-corrected chi connectivity index (χ2v) is 5.62. The minimum atomic E-state index is 0.235. The highest BCUT2D eigenvalue weighted by Gasteiger charge is 2.34. The number of pyridine rings is 1. The van der Waals surface area contributed by atoms with Crippen LogP contribution in [0.1, 0.15) is 25.0 Å². The van der Waals surface area contributed by atoms with E-state index >= 15 is 0 Å². The van der Waals surface area contributed by atoms with Gasteiger partial charge in [-0.3, -0.25) is 4.98 Å².